The van der Waals surface area contributed by atoms with Crippen molar-refractivity contribution in [2.24, 2.45) is 11.3 Å². The Morgan fingerprint density at radius 2 is 1.91 bits per heavy atom. The molecule has 1 aromatic carbocycles. The van der Waals surface area contributed by atoms with Gasteiger partial charge in [0.2, 0.25) is 0 Å². The molecule has 2 aliphatic rings. The van der Waals surface area contributed by atoms with Gasteiger partial charge in [0.1, 0.15) is 5.75 Å². The zero-order valence-electron chi connectivity index (χ0n) is 14.2. The minimum absolute atomic E-state index is 0.246. The van der Waals surface area contributed by atoms with Gasteiger partial charge in [0, 0.05) is 0 Å². The van der Waals surface area contributed by atoms with Crippen LogP contribution in [0.25, 0.3) is 6.08 Å². The molecule has 0 bridgehead atoms. The number of benzene rings is 1. The summed E-state index contributed by atoms with van der Waals surface area (Å²) in [6, 6.07) is 4.07. The Labute approximate surface area is 133 Å². The molecule has 2 heteroatoms. The van der Waals surface area contributed by atoms with Gasteiger partial charge in [-0.25, -0.2) is 0 Å². The maximum Gasteiger partial charge on any atom is 0.119 e. The highest BCUT2D eigenvalue weighted by Crippen LogP contribution is 2.48. The Bertz CT molecular complexity index is 610. The van der Waals surface area contributed by atoms with Crippen LogP contribution in [-0.2, 0) is 6.42 Å². The Morgan fingerprint density at radius 3 is 2.59 bits per heavy atom. The summed E-state index contributed by atoms with van der Waals surface area (Å²) < 4.78 is 0. The molecule has 0 heterocycles. The molecule has 2 unspecified atom stereocenters. The molecule has 2 aliphatic carbocycles. The summed E-state index contributed by atoms with van der Waals surface area (Å²) in [5.74, 6) is 1.15. The zero-order valence-corrected chi connectivity index (χ0v) is 14.2. The fourth-order valence-corrected chi connectivity index (χ4v) is 4.25. The lowest BCUT2D eigenvalue weighted by atomic mass is 9.64. The second-order valence-corrected chi connectivity index (χ2v) is 8.04. The normalized spacial score (nSPS) is 26.9. The predicted octanol–water partition coefficient (Wildman–Crippen LogP) is 4.64. The lowest BCUT2D eigenvalue weighted by molar-refractivity contribution is 0.0844. The van der Waals surface area contributed by atoms with Crippen LogP contribution in [0.2, 0.25) is 0 Å². The first-order valence-corrected chi connectivity index (χ1v) is 8.55. The van der Waals surface area contributed by atoms with Gasteiger partial charge in [-0.2, -0.15) is 0 Å². The Morgan fingerprint density at radius 1 is 1.18 bits per heavy atom. The number of aliphatic hydroxyl groups is 1. The second kappa shape index (κ2) is 5.42. The van der Waals surface area contributed by atoms with E-state index in [9.17, 15) is 10.2 Å². The van der Waals surface area contributed by atoms with Crippen molar-refractivity contribution >= 4 is 6.08 Å². The maximum absolute atomic E-state index is 10.5. The molecule has 0 radical (unpaired) electrons. The first-order chi connectivity index (χ1) is 10.3. The van der Waals surface area contributed by atoms with Crippen LogP contribution in [0.15, 0.2) is 17.7 Å². The molecule has 22 heavy (non-hydrogen) atoms. The number of rotatable bonds is 1. The molecular weight excluding hydrogens is 272 g/mol. The number of fused-ring (bicyclic) bond motifs is 2. The predicted molar refractivity (Wildman–Crippen MR) is 91.0 cm³/mol. The molecule has 120 valence electrons. The standard InChI is InChI=1S/C20H28O2/c1-12(2)15-9-13-5-6-17-16(10-14(13)11-19(15)22)18(21)7-8-20(17,3)4/h9-12,17-18,21-22H,5-8H2,1-4H3. The molecule has 0 amide bonds. The summed E-state index contributed by atoms with van der Waals surface area (Å²) in [4.78, 5) is 0. The van der Waals surface area contributed by atoms with Crippen molar-refractivity contribution in [1.29, 1.82) is 0 Å². The molecule has 0 saturated heterocycles. The molecule has 0 aliphatic heterocycles. The van der Waals surface area contributed by atoms with Gasteiger partial charge in [-0.1, -0.05) is 39.8 Å². The number of phenols is 1. The minimum atomic E-state index is -0.323. The Kier molecular flexibility index (Phi) is 3.84. The highest BCUT2D eigenvalue weighted by atomic mass is 16.3. The summed E-state index contributed by atoms with van der Waals surface area (Å²) in [6.07, 6.45) is 5.87. The van der Waals surface area contributed by atoms with Gasteiger partial charge in [0.05, 0.1) is 6.10 Å². The number of aliphatic hydroxyl groups excluding tert-OH is 1. The number of hydrogen-bond donors (Lipinski definition) is 2. The van der Waals surface area contributed by atoms with Crippen LogP contribution in [0.4, 0.5) is 0 Å². The largest absolute Gasteiger partial charge is 0.508 e. The van der Waals surface area contributed by atoms with Crippen molar-refractivity contribution < 1.29 is 10.2 Å². The summed E-state index contributed by atoms with van der Waals surface area (Å²) in [5.41, 5.74) is 4.85. The first kappa shape index (κ1) is 15.6. The molecule has 2 atom stereocenters. The van der Waals surface area contributed by atoms with E-state index in [1.807, 2.05) is 6.07 Å². The molecule has 0 aromatic heterocycles. The number of phenolic OH excluding ortho intramolecular Hbond substituents is 1. The first-order valence-electron chi connectivity index (χ1n) is 8.55. The topological polar surface area (TPSA) is 40.5 Å². The number of aryl methyl sites for hydroxylation is 1. The van der Waals surface area contributed by atoms with E-state index in [-0.39, 0.29) is 11.5 Å². The lowest BCUT2D eigenvalue weighted by Crippen LogP contribution is -2.36. The van der Waals surface area contributed by atoms with Crippen LogP contribution < -0.4 is 0 Å². The van der Waals surface area contributed by atoms with E-state index in [1.54, 1.807) is 0 Å². The van der Waals surface area contributed by atoms with Gasteiger partial charge in [-0.15, -0.1) is 0 Å². The van der Waals surface area contributed by atoms with E-state index in [2.05, 4.69) is 39.8 Å². The highest BCUT2D eigenvalue weighted by Gasteiger charge is 2.40. The highest BCUT2D eigenvalue weighted by molar-refractivity contribution is 5.63. The Balaban J connectivity index is 2.08. The molecule has 3 rings (SSSR count). The molecule has 0 spiro atoms. The SMILES string of the molecule is CC(C)c1cc2c(cc1O)C=C1C(O)CCC(C)(C)C1CC2. The molecule has 2 nitrogen and oxygen atoms in total. The van der Waals surface area contributed by atoms with E-state index in [0.29, 0.717) is 17.6 Å². The van der Waals surface area contributed by atoms with Crippen LogP contribution in [0, 0.1) is 11.3 Å². The maximum atomic E-state index is 10.5. The molecule has 1 saturated carbocycles. The van der Waals surface area contributed by atoms with Crippen LogP contribution in [0.5, 0.6) is 5.75 Å². The minimum Gasteiger partial charge on any atom is -0.508 e. The summed E-state index contributed by atoms with van der Waals surface area (Å²) in [6.45, 7) is 8.88. The monoisotopic (exact) mass is 300 g/mol. The molecule has 1 fully saturated rings. The van der Waals surface area contributed by atoms with Gasteiger partial charge in [-0.3, -0.25) is 0 Å². The van der Waals surface area contributed by atoms with Crippen molar-refractivity contribution in [2.45, 2.75) is 65.4 Å². The lowest BCUT2D eigenvalue weighted by Gasteiger charge is -2.42. The van der Waals surface area contributed by atoms with Crippen LogP contribution in [0.1, 0.15) is 69.6 Å². The summed E-state index contributed by atoms with van der Waals surface area (Å²) in [5, 5.41) is 20.8. The summed E-state index contributed by atoms with van der Waals surface area (Å²) in [7, 11) is 0. The third-order valence-electron chi connectivity index (χ3n) is 5.73. The van der Waals surface area contributed by atoms with Crippen LogP contribution in [-0.4, -0.2) is 16.3 Å². The average Bonchev–Trinajstić information content (AvgIpc) is 2.62. The number of hydrogen-bond acceptors (Lipinski definition) is 2. The smallest absolute Gasteiger partial charge is 0.119 e. The van der Waals surface area contributed by atoms with E-state index < -0.39 is 0 Å². The van der Waals surface area contributed by atoms with Gasteiger partial charge >= 0.3 is 0 Å². The third-order valence-corrected chi connectivity index (χ3v) is 5.73. The van der Waals surface area contributed by atoms with Gasteiger partial charge in [-0.05, 0) is 71.3 Å². The molecule has 1 aromatic rings. The fraction of sp³-hybridized carbons (Fsp3) is 0.600. The quantitative estimate of drug-likeness (QED) is 0.793. The fourth-order valence-electron chi connectivity index (χ4n) is 4.25. The van der Waals surface area contributed by atoms with Crippen molar-refractivity contribution in [2.75, 3.05) is 0 Å². The second-order valence-electron chi connectivity index (χ2n) is 8.04. The average molecular weight is 300 g/mol. The third kappa shape index (κ3) is 2.58. The van der Waals surface area contributed by atoms with Crippen molar-refractivity contribution in [3.63, 3.8) is 0 Å². The van der Waals surface area contributed by atoms with Gasteiger partial charge < -0.3 is 10.2 Å². The van der Waals surface area contributed by atoms with Gasteiger partial charge in [0.25, 0.3) is 0 Å². The molecule has 2 N–H and O–H groups in total. The van der Waals surface area contributed by atoms with Crippen molar-refractivity contribution in [3.05, 3.63) is 34.4 Å². The van der Waals surface area contributed by atoms with Crippen LogP contribution in [0.3, 0.4) is 0 Å². The van der Waals surface area contributed by atoms with Crippen LogP contribution >= 0.6 is 0 Å². The van der Waals surface area contributed by atoms with E-state index >= 15 is 0 Å². The van der Waals surface area contributed by atoms with E-state index in [4.69, 9.17) is 0 Å². The number of aromatic hydroxyl groups is 1. The summed E-state index contributed by atoms with van der Waals surface area (Å²) >= 11 is 0. The van der Waals surface area contributed by atoms with Crippen molar-refractivity contribution in [1.82, 2.24) is 0 Å². The molecular formula is C20H28O2. The zero-order chi connectivity index (χ0) is 16.1. The van der Waals surface area contributed by atoms with Gasteiger partial charge in [0.15, 0.2) is 0 Å². The van der Waals surface area contributed by atoms with E-state index in [0.717, 1.165) is 36.8 Å². The van der Waals surface area contributed by atoms with E-state index in [1.165, 1.54) is 11.1 Å². The van der Waals surface area contributed by atoms with Crippen molar-refractivity contribution in [3.8, 4) is 5.75 Å². The Hall–Kier alpha value is -1.28.